The van der Waals surface area contributed by atoms with Crippen molar-refractivity contribution < 1.29 is 17.9 Å². The molecule has 1 aromatic heterocycles. The van der Waals surface area contributed by atoms with Crippen LogP contribution in [0.3, 0.4) is 0 Å². The Labute approximate surface area is 168 Å². The van der Waals surface area contributed by atoms with Gasteiger partial charge in [0.05, 0.1) is 5.69 Å². The van der Waals surface area contributed by atoms with Crippen molar-refractivity contribution in [3.63, 3.8) is 0 Å². The lowest BCUT2D eigenvalue weighted by atomic mass is 10.2. The van der Waals surface area contributed by atoms with Crippen molar-refractivity contribution >= 4 is 0 Å². The summed E-state index contributed by atoms with van der Waals surface area (Å²) in [6.45, 7) is 9.39. The molecule has 8 heteroatoms. The van der Waals surface area contributed by atoms with E-state index in [4.69, 9.17) is 0 Å². The minimum atomic E-state index is -4.67. The van der Waals surface area contributed by atoms with Crippen LogP contribution in [0, 0.1) is 24.7 Å². The Balaban J connectivity index is 1.19. The quantitative estimate of drug-likeness (QED) is 0.653. The van der Waals surface area contributed by atoms with Gasteiger partial charge in [0.1, 0.15) is 5.75 Å². The molecule has 2 heterocycles. The molecule has 0 amide bonds. The van der Waals surface area contributed by atoms with E-state index in [-0.39, 0.29) is 5.75 Å². The van der Waals surface area contributed by atoms with Gasteiger partial charge in [-0.1, -0.05) is 23.6 Å². The summed E-state index contributed by atoms with van der Waals surface area (Å²) in [4.78, 5) is 2.49. The second kappa shape index (κ2) is 7.99. The average molecular weight is 407 g/mol. The Morgan fingerprint density at radius 3 is 2.66 bits per heavy atom. The summed E-state index contributed by atoms with van der Waals surface area (Å²) in [7, 11) is 0. The van der Waals surface area contributed by atoms with Crippen LogP contribution < -0.4 is 4.74 Å². The number of likely N-dealkylation sites (tertiary alicyclic amines) is 1. The van der Waals surface area contributed by atoms with Crippen LogP contribution in [0.5, 0.6) is 5.75 Å². The minimum absolute atomic E-state index is 0.189. The van der Waals surface area contributed by atoms with Crippen LogP contribution in [-0.4, -0.2) is 40.7 Å². The molecule has 2 fully saturated rings. The zero-order valence-electron chi connectivity index (χ0n) is 16.7. The van der Waals surface area contributed by atoms with Gasteiger partial charge in [0.25, 0.3) is 0 Å². The third kappa shape index (κ3) is 4.93. The number of benzene rings is 1. The van der Waals surface area contributed by atoms with Crippen molar-refractivity contribution in [2.24, 2.45) is 17.8 Å². The molecule has 0 N–H and O–H groups in total. The molecule has 1 aliphatic carbocycles. The van der Waals surface area contributed by atoms with E-state index in [0.29, 0.717) is 24.3 Å². The highest BCUT2D eigenvalue weighted by Crippen LogP contribution is 2.52. The van der Waals surface area contributed by atoms with E-state index in [1.54, 1.807) is 12.1 Å². The maximum atomic E-state index is 12.3. The molecule has 0 radical (unpaired) electrons. The summed E-state index contributed by atoms with van der Waals surface area (Å²) in [5.41, 5.74) is 3.15. The first-order valence-corrected chi connectivity index (χ1v) is 10.1. The highest BCUT2D eigenvalue weighted by atomic mass is 19.4. The second-order valence-electron chi connectivity index (χ2n) is 8.04. The lowest BCUT2D eigenvalue weighted by Gasteiger charge is -2.24. The Morgan fingerprint density at radius 1 is 1.24 bits per heavy atom. The van der Waals surface area contributed by atoms with Crippen LogP contribution in [-0.2, 0) is 19.6 Å². The summed E-state index contributed by atoms with van der Waals surface area (Å²) in [6, 6.07) is 6.06. The Hall–Kier alpha value is -2.06. The van der Waals surface area contributed by atoms with Crippen molar-refractivity contribution in [3.8, 4) is 5.75 Å². The van der Waals surface area contributed by atoms with Gasteiger partial charge in [0.2, 0.25) is 0 Å². The Kier molecular flexibility index (Phi) is 5.57. The third-order valence-corrected chi connectivity index (χ3v) is 5.98. The van der Waals surface area contributed by atoms with Crippen molar-refractivity contribution in [2.75, 3.05) is 19.6 Å². The third-order valence-electron chi connectivity index (χ3n) is 5.98. The normalized spacial score (nSPS) is 24.0. The summed E-state index contributed by atoms with van der Waals surface area (Å²) in [5.74, 6) is 1.81. The van der Waals surface area contributed by atoms with E-state index in [1.165, 1.54) is 17.7 Å². The molecular weight excluding hydrogens is 381 g/mol. The predicted octanol–water partition coefficient (Wildman–Crippen LogP) is 4.36. The number of fused-ring (bicyclic) bond motifs is 1. The number of ether oxygens (including phenoxy) is 1. The zero-order valence-corrected chi connectivity index (χ0v) is 16.7. The Bertz CT molecular complexity index is 839. The van der Waals surface area contributed by atoms with E-state index >= 15 is 0 Å². The summed E-state index contributed by atoms with van der Waals surface area (Å²) < 4.78 is 42.9. The number of piperidine rings is 1. The fourth-order valence-electron chi connectivity index (χ4n) is 4.44. The van der Waals surface area contributed by atoms with Gasteiger partial charge in [-0.25, -0.2) is 0 Å². The molecule has 2 aliphatic rings. The van der Waals surface area contributed by atoms with Gasteiger partial charge in [-0.2, -0.15) is 5.10 Å². The number of nitrogens with zero attached hydrogens (tertiary/aromatic N) is 4. The molecule has 4 rings (SSSR count). The van der Waals surface area contributed by atoms with Crippen molar-refractivity contribution in [1.29, 1.82) is 0 Å². The minimum Gasteiger partial charge on any atom is -0.658 e. The number of hydrogen-bond acceptors (Lipinski definition) is 3. The molecule has 1 saturated carbocycles. The van der Waals surface area contributed by atoms with Gasteiger partial charge in [0, 0.05) is 37.9 Å². The fourth-order valence-corrected chi connectivity index (χ4v) is 4.44. The van der Waals surface area contributed by atoms with Gasteiger partial charge in [-0.15, -0.1) is 26.3 Å². The number of hydrogen-bond donors (Lipinski definition) is 0. The van der Waals surface area contributed by atoms with E-state index in [0.717, 1.165) is 44.0 Å². The summed E-state index contributed by atoms with van der Waals surface area (Å²) >= 11 is 0. The SMILES string of the molecule is CCn1cc(CN2CC3C(C[N-]Cc4cccc(OC(F)(F)F)c4)C3C2)c(C)n1. The molecule has 5 nitrogen and oxygen atoms in total. The molecule has 0 spiro atoms. The van der Waals surface area contributed by atoms with E-state index < -0.39 is 6.36 Å². The number of rotatable bonds is 8. The smallest absolute Gasteiger partial charge is 0.573 e. The largest absolute Gasteiger partial charge is 0.658 e. The van der Waals surface area contributed by atoms with Crippen molar-refractivity contribution in [3.05, 3.63) is 52.6 Å². The Morgan fingerprint density at radius 2 is 2.00 bits per heavy atom. The highest BCUT2D eigenvalue weighted by molar-refractivity contribution is 5.30. The molecule has 2 aromatic rings. The number of aryl methyl sites for hydroxylation is 2. The van der Waals surface area contributed by atoms with E-state index in [2.05, 4.69) is 40.1 Å². The zero-order chi connectivity index (χ0) is 20.6. The molecule has 29 heavy (non-hydrogen) atoms. The van der Waals surface area contributed by atoms with Gasteiger partial charge in [-0.3, -0.25) is 9.58 Å². The molecular formula is C21H26F3N4O-. The lowest BCUT2D eigenvalue weighted by Crippen LogP contribution is -2.24. The van der Waals surface area contributed by atoms with Crippen LogP contribution in [0.1, 0.15) is 23.7 Å². The molecule has 1 aliphatic heterocycles. The topological polar surface area (TPSA) is 44.4 Å². The maximum Gasteiger partial charge on any atom is 0.573 e. The average Bonchev–Trinajstić information content (AvgIpc) is 2.98. The molecule has 1 saturated heterocycles. The standard InChI is InChI=1S/C21H26F3N4O/c1-3-28-11-16(14(2)26-28)10-27-12-19-18(20(19)13-27)9-25-8-15-5-4-6-17(7-15)29-21(22,23)24/h4-7,11,18-20H,3,8-10,12-13H2,1-2H3/q-1. The first kappa shape index (κ1) is 20.2. The molecule has 0 bridgehead atoms. The van der Waals surface area contributed by atoms with E-state index in [9.17, 15) is 13.2 Å². The van der Waals surface area contributed by atoms with Gasteiger partial charge < -0.3 is 10.1 Å². The van der Waals surface area contributed by atoms with Gasteiger partial charge >= 0.3 is 6.36 Å². The van der Waals surface area contributed by atoms with Crippen LogP contribution in [0.25, 0.3) is 5.32 Å². The second-order valence-corrected chi connectivity index (χ2v) is 8.04. The van der Waals surface area contributed by atoms with Gasteiger partial charge in [-0.05, 0) is 37.8 Å². The first-order valence-electron chi connectivity index (χ1n) is 10.1. The van der Waals surface area contributed by atoms with Crippen LogP contribution in [0.2, 0.25) is 0 Å². The maximum absolute atomic E-state index is 12.3. The van der Waals surface area contributed by atoms with E-state index in [1.807, 2.05) is 4.68 Å². The summed E-state index contributed by atoms with van der Waals surface area (Å²) in [6.07, 6.45) is -2.52. The number of halogens is 3. The molecule has 158 valence electrons. The van der Waals surface area contributed by atoms with Crippen LogP contribution >= 0.6 is 0 Å². The first-order chi connectivity index (χ1) is 13.8. The molecule has 1 aromatic carbocycles. The number of alkyl halides is 3. The van der Waals surface area contributed by atoms with Crippen molar-refractivity contribution in [2.45, 2.75) is 39.8 Å². The van der Waals surface area contributed by atoms with Crippen LogP contribution in [0.4, 0.5) is 13.2 Å². The predicted molar refractivity (Wildman–Crippen MR) is 103 cm³/mol. The fraction of sp³-hybridized carbons (Fsp3) is 0.571. The van der Waals surface area contributed by atoms with Crippen molar-refractivity contribution in [1.82, 2.24) is 14.7 Å². The monoisotopic (exact) mass is 407 g/mol. The van der Waals surface area contributed by atoms with Gasteiger partial charge in [0.15, 0.2) is 0 Å². The number of aromatic nitrogens is 2. The molecule has 2 atom stereocenters. The highest BCUT2D eigenvalue weighted by Gasteiger charge is 2.53. The lowest BCUT2D eigenvalue weighted by molar-refractivity contribution is -0.274. The summed E-state index contributed by atoms with van der Waals surface area (Å²) in [5, 5.41) is 9.11. The van der Waals surface area contributed by atoms with Crippen LogP contribution in [0.15, 0.2) is 30.5 Å². The molecule has 2 unspecified atom stereocenters.